The third-order valence-electron chi connectivity index (χ3n) is 4.49. The van der Waals surface area contributed by atoms with E-state index in [1.54, 1.807) is 31.2 Å². The molecule has 0 aliphatic heterocycles. The minimum Gasteiger partial charge on any atom is -0.485 e. The SMILES string of the molecule is Cc1ccc(OCc2cc(=O)n3oc(C)cc3n2)c(NC(=O)CSc2ccc(Cl)cc2)c1. The Morgan fingerprint density at radius 3 is 2.72 bits per heavy atom. The van der Waals surface area contributed by atoms with Crippen LogP contribution in [0.4, 0.5) is 5.69 Å². The lowest BCUT2D eigenvalue weighted by molar-refractivity contribution is -0.113. The van der Waals surface area contributed by atoms with Crippen molar-refractivity contribution >= 4 is 40.6 Å². The number of aromatic nitrogens is 2. The van der Waals surface area contributed by atoms with E-state index in [4.69, 9.17) is 20.9 Å². The van der Waals surface area contributed by atoms with Gasteiger partial charge in [-0.05, 0) is 55.8 Å². The minimum atomic E-state index is -0.321. The van der Waals surface area contributed by atoms with Crippen molar-refractivity contribution in [1.29, 1.82) is 0 Å². The average Bonchev–Trinajstić information content (AvgIpc) is 3.13. The van der Waals surface area contributed by atoms with Crippen LogP contribution in [0.2, 0.25) is 5.02 Å². The Labute approximate surface area is 193 Å². The number of rotatable bonds is 7. The first-order valence-electron chi connectivity index (χ1n) is 9.79. The number of thioether (sulfide) groups is 1. The summed E-state index contributed by atoms with van der Waals surface area (Å²) >= 11 is 7.31. The van der Waals surface area contributed by atoms with Gasteiger partial charge in [0.15, 0.2) is 5.65 Å². The zero-order valence-corrected chi connectivity index (χ0v) is 19.0. The quantitative estimate of drug-likeness (QED) is 0.389. The maximum atomic E-state index is 12.5. The Morgan fingerprint density at radius 1 is 1.16 bits per heavy atom. The van der Waals surface area contributed by atoms with E-state index in [9.17, 15) is 9.59 Å². The number of nitrogens with zero attached hydrogens (tertiary/aromatic N) is 2. The van der Waals surface area contributed by atoms with Crippen LogP contribution in [0.1, 0.15) is 17.0 Å². The Kier molecular flexibility index (Phi) is 6.53. The molecule has 0 aliphatic carbocycles. The summed E-state index contributed by atoms with van der Waals surface area (Å²) in [7, 11) is 0. The molecular formula is C23H20ClN3O4S. The van der Waals surface area contributed by atoms with Gasteiger partial charge in [0, 0.05) is 22.1 Å². The number of amides is 1. The van der Waals surface area contributed by atoms with Gasteiger partial charge in [0.05, 0.1) is 17.1 Å². The van der Waals surface area contributed by atoms with Gasteiger partial charge in [-0.2, -0.15) is 0 Å². The summed E-state index contributed by atoms with van der Waals surface area (Å²) in [5, 5.41) is 3.55. The molecule has 0 spiro atoms. The first-order chi connectivity index (χ1) is 15.4. The molecule has 1 N–H and O–H groups in total. The number of fused-ring (bicyclic) bond motifs is 1. The normalized spacial score (nSPS) is 11.0. The maximum Gasteiger partial charge on any atom is 0.287 e. The highest BCUT2D eigenvalue weighted by atomic mass is 35.5. The molecule has 0 radical (unpaired) electrons. The van der Waals surface area contributed by atoms with Crippen LogP contribution < -0.4 is 15.6 Å². The molecule has 0 saturated carbocycles. The highest BCUT2D eigenvalue weighted by molar-refractivity contribution is 8.00. The number of anilines is 1. The number of nitrogens with one attached hydrogen (secondary N) is 1. The van der Waals surface area contributed by atoms with E-state index in [1.165, 1.54) is 17.8 Å². The lowest BCUT2D eigenvalue weighted by Gasteiger charge is -2.13. The van der Waals surface area contributed by atoms with Crippen molar-refractivity contribution in [2.75, 3.05) is 11.1 Å². The average molecular weight is 470 g/mol. The van der Waals surface area contributed by atoms with Gasteiger partial charge in [-0.15, -0.1) is 16.3 Å². The summed E-state index contributed by atoms with van der Waals surface area (Å²) in [5.41, 5.74) is 2.10. The van der Waals surface area contributed by atoms with Crippen molar-refractivity contribution in [1.82, 2.24) is 9.56 Å². The van der Waals surface area contributed by atoms with E-state index in [0.29, 0.717) is 33.6 Å². The minimum absolute atomic E-state index is 0.0709. The summed E-state index contributed by atoms with van der Waals surface area (Å²) < 4.78 is 12.3. The summed E-state index contributed by atoms with van der Waals surface area (Å²) in [6.45, 7) is 3.75. The van der Waals surface area contributed by atoms with Crippen LogP contribution in [0.15, 0.2) is 68.8 Å². The second-order valence-corrected chi connectivity index (χ2v) is 8.65. The summed E-state index contributed by atoms with van der Waals surface area (Å²) in [4.78, 5) is 30.0. The number of aryl methyl sites for hydroxylation is 2. The highest BCUT2D eigenvalue weighted by Crippen LogP contribution is 2.27. The van der Waals surface area contributed by atoms with Gasteiger partial charge in [0.2, 0.25) is 5.91 Å². The fraction of sp³-hybridized carbons (Fsp3) is 0.174. The summed E-state index contributed by atoms with van der Waals surface area (Å²) in [6.07, 6.45) is 0. The lowest BCUT2D eigenvalue weighted by Crippen LogP contribution is -2.16. The Morgan fingerprint density at radius 2 is 1.94 bits per heavy atom. The van der Waals surface area contributed by atoms with Crippen molar-refractivity contribution in [3.8, 4) is 5.75 Å². The monoisotopic (exact) mass is 469 g/mol. The third kappa shape index (κ3) is 5.33. The molecule has 2 aromatic carbocycles. The molecule has 0 fully saturated rings. The molecule has 0 atom stereocenters. The van der Waals surface area contributed by atoms with E-state index in [-0.39, 0.29) is 23.8 Å². The van der Waals surface area contributed by atoms with E-state index in [2.05, 4.69) is 10.3 Å². The van der Waals surface area contributed by atoms with Crippen LogP contribution in [-0.4, -0.2) is 21.2 Å². The first kappa shape index (κ1) is 22.0. The molecule has 7 nitrogen and oxygen atoms in total. The fourth-order valence-corrected chi connectivity index (χ4v) is 3.86. The fourth-order valence-electron chi connectivity index (χ4n) is 3.03. The second kappa shape index (κ2) is 9.50. The van der Waals surface area contributed by atoms with Crippen molar-refractivity contribution in [2.24, 2.45) is 0 Å². The van der Waals surface area contributed by atoms with Gasteiger partial charge in [-0.1, -0.05) is 17.7 Å². The molecule has 0 bridgehead atoms. The van der Waals surface area contributed by atoms with E-state index < -0.39 is 0 Å². The van der Waals surface area contributed by atoms with Crippen LogP contribution in [0.3, 0.4) is 0 Å². The number of hydrogen-bond acceptors (Lipinski definition) is 6. The molecule has 32 heavy (non-hydrogen) atoms. The molecule has 0 aliphatic rings. The molecule has 164 valence electrons. The third-order valence-corrected chi connectivity index (χ3v) is 5.76. The Balaban J connectivity index is 1.44. The van der Waals surface area contributed by atoms with E-state index in [1.807, 2.05) is 31.2 Å². The van der Waals surface area contributed by atoms with Gasteiger partial charge >= 0.3 is 0 Å². The van der Waals surface area contributed by atoms with Crippen LogP contribution in [-0.2, 0) is 11.4 Å². The molecule has 9 heteroatoms. The molecule has 2 heterocycles. The topological polar surface area (TPSA) is 85.8 Å². The van der Waals surface area contributed by atoms with E-state index in [0.717, 1.165) is 15.0 Å². The van der Waals surface area contributed by atoms with Crippen molar-refractivity contribution in [3.05, 3.63) is 87.0 Å². The number of carbonyl (C=O) groups is 1. The first-order valence-corrected chi connectivity index (χ1v) is 11.1. The smallest absolute Gasteiger partial charge is 0.287 e. The molecule has 4 aromatic rings. The van der Waals surface area contributed by atoms with Crippen LogP contribution in [0, 0.1) is 13.8 Å². The van der Waals surface area contributed by atoms with Crippen LogP contribution in [0.5, 0.6) is 5.75 Å². The number of ether oxygens (including phenoxy) is 1. The van der Waals surface area contributed by atoms with Gasteiger partial charge in [0.25, 0.3) is 5.56 Å². The second-order valence-electron chi connectivity index (χ2n) is 7.16. The molecule has 0 unspecified atom stereocenters. The van der Waals surface area contributed by atoms with Crippen LogP contribution >= 0.6 is 23.4 Å². The largest absolute Gasteiger partial charge is 0.485 e. The maximum absolute atomic E-state index is 12.5. The zero-order chi connectivity index (χ0) is 22.7. The van der Waals surface area contributed by atoms with Crippen molar-refractivity contribution in [3.63, 3.8) is 0 Å². The van der Waals surface area contributed by atoms with Gasteiger partial charge in [-0.25, -0.2) is 4.98 Å². The van der Waals surface area contributed by atoms with Crippen molar-refractivity contribution < 1.29 is 14.1 Å². The highest BCUT2D eigenvalue weighted by Gasteiger charge is 2.12. The molecular weight excluding hydrogens is 450 g/mol. The zero-order valence-electron chi connectivity index (χ0n) is 17.4. The summed E-state index contributed by atoms with van der Waals surface area (Å²) in [5.74, 6) is 1.16. The molecule has 4 rings (SSSR count). The standard InChI is InChI=1S/C23H20ClN3O4S/c1-14-3-8-20(30-12-17-11-23(29)27-21(25-17)10-15(2)31-27)19(9-14)26-22(28)13-32-18-6-4-16(24)5-7-18/h3-11H,12-13H2,1-2H3,(H,26,28). The molecule has 2 aromatic heterocycles. The number of benzene rings is 2. The van der Waals surface area contributed by atoms with Gasteiger partial charge < -0.3 is 14.6 Å². The van der Waals surface area contributed by atoms with Crippen molar-refractivity contribution in [2.45, 2.75) is 25.3 Å². The molecule has 0 saturated heterocycles. The predicted octanol–water partition coefficient (Wildman–Crippen LogP) is 4.87. The number of halogens is 1. The van der Waals surface area contributed by atoms with Gasteiger partial charge in [-0.3, -0.25) is 9.59 Å². The Hall–Kier alpha value is -3.23. The van der Waals surface area contributed by atoms with Gasteiger partial charge in [0.1, 0.15) is 18.1 Å². The molecule has 1 amide bonds. The number of hydrogen-bond donors (Lipinski definition) is 1. The number of carbonyl (C=O) groups excluding carboxylic acids is 1. The van der Waals surface area contributed by atoms with Crippen LogP contribution in [0.25, 0.3) is 5.65 Å². The predicted molar refractivity (Wildman–Crippen MR) is 125 cm³/mol. The lowest BCUT2D eigenvalue weighted by atomic mass is 10.2. The summed E-state index contributed by atoms with van der Waals surface area (Å²) in [6, 6.07) is 15.9. The van der Waals surface area contributed by atoms with E-state index >= 15 is 0 Å². The Bertz CT molecular complexity index is 1330.